The molecule has 0 aromatic heterocycles. The molecule has 2 nitrogen and oxygen atoms in total. The van der Waals surface area contributed by atoms with E-state index in [9.17, 15) is 8.78 Å². The van der Waals surface area contributed by atoms with E-state index in [0.29, 0.717) is 0 Å². The van der Waals surface area contributed by atoms with E-state index in [0.717, 1.165) is 6.07 Å². The van der Waals surface area contributed by atoms with Crippen molar-refractivity contribution in [3.63, 3.8) is 0 Å². The van der Waals surface area contributed by atoms with Gasteiger partial charge in [-0.1, -0.05) is 6.07 Å². The lowest BCUT2D eigenvalue weighted by molar-refractivity contribution is 0.512. The van der Waals surface area contributed by atoms with Crippen molar-refractivity contribution in [2.75, 3.05) is 5.32 Å². The second-order valence-corrected chi connectivity index (χ2v) is 2.53. The number of hydrogen-bond donors (Lipinski definition) is 2. The molecule has 0 saturated carbocycles. The molecule has 0 unspecified atom stereocenters. The zero-order chi connectivity index (χ0) is 9.14. The van der Waals surface area contributed by atoms with Crippen molar-refractivity contribution in [3.8, 4) is 0 Å². The van der Waals surface area contributed by atoms with Gasteiger partial charge in [-0.2, -0.15) is 0 Å². The lowest BCUT2D eigenvalue weighted by Gasteiger charge is -2.04. The normalized spacial score (nSPS) is 9.50. The fourth-order valence-electron chi connectivity index (χ4n) is 0.733. The van der Waals surface area contributed by atoms with Crippen LogP contribution in [0.2, 0.25) is 0 Å². The molecular formula is C7H6F2N2S. The topological polar surface area (TPSA) is 38.0 Å². The number of halogens is 2. The summed E-state index contributed by atoms with van der Waals surface area (Å²) in [5, 5.41) is 2.21. The van der Waals surface area contributed by atoms with E-state index in [1.165, 1.54) is 12.1 Å². The number of anilines is 1. The van der Waals surface area contributed by atoms with Gasteiger partial charge >= 0.3 is 0 Å². The van der Waals surface area contributed by atoms with Gasteiger partial charge in [0.25, 0.3) is 0 Å². The number of thiocarbonyl (C=S) groups is 1. The van der Waals surface area contributed by atoms with Crippen molar-refractivity contribution in [2.45, 2.75) is 0 Å². The van der Waals surface area contributed by atoms with E-state index in [4.69, 9.17) is 5.73 Å². The SMILES string of the molecule is NC(=S)Nc1cccc(F)c1F. The maximum atomic E-state index is 12.8. The van der Waals surface area contributed by atoms with Gasteiger partial charge in [-0.3, -0.25) is 0 Å². The van der Waals surface area contributed by atoms with Gasteiger partial charge in [-0.05, 0) is 24.4 Å². The summed E-state index contributed by atoms with van der Waals surface area (Å²) in [4.78, 5) is 0. The van der Waals surface area contributed by atoms with Crippen LogP contribution < -0.4 is 11.1 Å². The van der Waals surface area contributed by atoms with Crippen LogP contribution in [-0.4, -0.2) is 5.11 Å². The second kappa shape index (κ2) is 3.44. The maximum Gasteiger partial charge on any atom is 0.182 e. The first-order chi connectivity index (χ1) is 5.61. The van der Waals surface area contributed by atoms with E-state index >= 15 is 0 Å². The van der Waals surface area contributed by atoms with E-state index < -0.39 is 11.6 Å². The van der Waals surface area contributed by atoms with Gasteiger partial charge in [-0.15, -0.1) is 0 Å². The molecule has 64 valence electrons. The molecule has 0 atom stereocenters. The van der Waals surface area contributed by atoms with E-state index in [2.05, 4.69) is 17.5 Å². The highest BCUT2D eigenvalue weighted by atomic mass is 32.1. The molecule has 0 bridgehead atoms. The van der Waals surface area contributed by atoms with Crippen LogP contribution in [0.5, 0.6) is 0 Å². The van der Waals surface area contributed by atoms with E-state index in [1.807, 2.05) is 0 Å². The molecule has 5 heteroatoms. The molecule has 1 aromatic carbocycles. The van der Waals surface area contributed by atoms with E-state index in [1.54, 1.807) is 0 Å². The first kappa shape index (κ1) is 8.86. The zero-order valence-corrected chi connectivity index (χ0v) is 6.79. The third kappa shape index (κ3) is 1.88. The molecule has 0 amide bonds. The van der Waals surface area contributed by atoms with Gasteiger partial charge < -0.3 is 11.1 Å². The van der Waals surface area contributed by atoms with E-state index in [-0.39, 0.29) is 10.8 Å². The number of nitrogens with two attached hydrogens (primary N) is 1. The van der Waals surface area contributed by atoms with Crippen molar-refractivity contribution < 1.29 is 8.78 Å². The van der Waals surface area contributed by atoms with Crippen LogP contribution in [0.1, 0.15) is 0 Å². The highest BCUT2D eigenvalue weighted by Crippen LogP contribution is 2.15. The molecule has 0 spiro atoms. The van der Waals surface area contributed by atoms with Crippen molar-refractivity contribution in [2.24, 2.45) is 5.73 Å². The molecule has 0 heterocycles. The summed E-state index contributed by atoms with van der Waals surface area (Å²) in [7, 11) is 0. The third-order valence-corrected chi connectivity index (χ3v) is 1.31. The Morgan fingerprint density at radius 1 is 1.42 bits per heavy atom. The van der Waals surface area contributed by atoms with Crippen LogP contribution >= 0.6 is 12.2 Å². The summed E-state index contributed by atoms with van der Waals surface area (Å²) in [5.41, 5.74) is 5.02. The van der Waals surface area contributed by atoms with Gasteiger partial charge in [0.2, 0.25) is 0 Å². The Hall–Kier alpha value is -1.23. The van der Waals surface area contributed by atoms with Gasteiger partial charge in [0, 0.05) is 0 Å². The predicted molar refractivity (Wildman–Crippen MR) is 46.8 cm³/mol. The standard InChI is InChI=1S/C7H6F2N2S/c8-4-2-1-3-5(6(4)9)11-7(10)12/h1-3H,(H3,10,11,12). The number of hydrogen-bond acceptors (Lipinski definition) is 1. The Bertz CT molecular complexity index is 314. The van der Waals surface area contributed by atoms with Crippen molar-refractivity contribution in [1.82, 2.24) is 0 Å². The molecule has 0 fully saturated rings. The first-order valence-electron chi connectivity index (χ1n) is 3.11. The lowest BCUT2D eigenvalue weighted by atomic mass is 10.3. The molecule has 0 aliphatic carbocycles. The van der Waals surface area contributed by atoms with Crippen LogP contribution in [-0.2, 0) is 0 Å². The third-order valence-electron chi connectivity index (χ3n) is 1.21. The van der Waals surface area contributed by atoms with Gasteiger partial charge in [0.15, 0.2) is 16.7 Å². The second-order valence-electron chi connectivity index (χ2n) is 2.09. The van der Waals surface area contributed by atoms with Crippen LogP contribution in [0.3, 0.4) is 0 Å². The molecule has 0 saturated heterocycles. The Morgan fingerprint density at radius 2 is 2.08 bits per heavy atom. The lowest BCUT2D eigenvalue weighted by Crippen LogP contribution is -2.19. The van der Waals surface area contributed by atoms with Crippen molar-refractivity contribution in [1.29, 1.82) is 0 Å². The summed E-state index contributed by atoms with van der Waals surface area (Å²) in [5.74, 6) is -1.92. The number of benzene rings is 1. The first-order valence-corrected chi connectivity index (χ1v) is 3.52. The molecule has 0 aliphatic rings. The molecule has 0 aliphatic heterocycles. The molecular weight excluding hydrogens is 182 g/mol. The summed E-state index contributed by atoms with van der Waals surface area (Å²) >= 11 is 4.46. The highest BCUT2D eigenvalue weighted by Gasteiger charge is 2.06. The fraction of sp³-hybridized carbons (Fsp3) is 0. The number of nitrogens with one attached hydrogen (secondary N) is 1. The summed E-state index contributed by atoms with van der Waals surface area (Å²) in [6, 6.07) is 3.72. The van der Waals surface area contributed by atoms with Crippen LogP contribution in [0.25, 0.3) is 0 Å². The van der Waals surface area contributed by atoms with Gasteiger partial charge in [-0.25, -0.2) is 8.78 Å². The van der Waals surface area contributed by atoms with Crippen molar-refractivity contribution >= 4 is 23.0 Å². The van der Waals surface area contributed by atoms with Crippen molar-refractivity contribution in [3.05, 3.63) is 29.8 Å². The summed E-state index contributed by atoms with van der Waals surface area (Å²) in [6.45, 7) is 0. The minimum atomic E-state index is -0.981. The minimum absolute atomic E-state index is 0.0532. The molecule has 1 rings (SSSR count). The Labute approximate surface area is 73.4 Å². The Balaban J connectivity index is 3.00. The average Bonchev–Trinajstić information content (AvgIpc) is 1.98. The average molecular weight is 188 g/mol. The highest BCUT2D eigenvalue weighted by molar-refractivity contribution is 7.80. The fourth-order valence-corrected chi connectivity index (χ4v) is 0.843. The Kier molecular flexibility index (Phi) is 2.54. The molecule has 3 N–H and O–H groups in total. The minimum Gasteiger partial charge on any atom is -0.376 e. The summed E-state index contributed by atoms with van der Waals surface area (Å²) in [6.07, 6.45) is 0. The van der Waals surface area contributed by atoms with Gasteiger partial charge in [0.1, 0.15) is 0 Å². The summed E-state index contributed by atoms with van der Waals surface area (Å²) < 4.78 is 25.3. The molecule has 0 radical (unpaired) electrons. The zero-order valence-electron chi connectivity index (χ0n) is 5.97. The molecule has 1 aromatic rings. The van der Waals surface area contributed by atoms with Crippen LogP contribution in [0, 0.1) is 11.6 Å². The largest absolute Gasteiger partial charge is 0.376 e. The monoisotopic (exact) mass is 188 g/mol. The van der Waals surface area contributed by atoms with Crippen LogP contribution in [0.15, 0.2) is 18.2 Å². The smallest absolute Gasteiger partial charge is 0.182 e. The predicted octanol–water partition coefficient (Wildman–Crippen LogP) is 1.62. The quantitative estimate of drug-likeness (QED) is 0.658. The maximum absolute atomic E-state index is 12.8. The number of rotatable bonds is 1. The van der Waals surface area contributed by atoms with Crippen LogP contribution in [0.4, 0.5) is 14.5 Å². The Morgan fingerprint density at radius 3 is 2.67 bits per heavy atom. The van der Waals surface area contributed by atoms with Gasteiger partial charge in [0.05, 0.1) is 5.69 Å². The molecule has 12 heavy (non-hydrogen) atoms.